The summed E-state index contributed by atoms with van der Waals surface area (Å²) in [6, 6.07) is 11.7. The van der Waals surface area contributed by atoms with Crippen LogP contribution < -0.4 is 9.54 Å². The Hall–Kier alpha value is -3.26. The number of aromatic nitrogens is 1. The fourth-order valence-electron chi connectivity index (χ4n) is 2.65. The van der Waals surface area contributed by atoms with Gasteiger partial charge in [-0.1, -0.05) is 17.4 Å². The first kappa shape index (κ1) is 18.5. The van der Waals surface area contributed by atoms with Gasteiger partial charge in [-0.25, -0.2) is 0 Å². The summed E-state index contributed by atoms with van der Waals surface area (Å²) in [7, 11) is 1.61. The van der Waals surface area contributed by atoms with Gasteiger partial charge in [0.1, 0.15) is 11.3 Å². The van der Waals surface area contributed by atoms with E-state index < -0.39 is 10.8 Å². The predicted molar refractivity (Wildman–Crippen MR) is 105 cm³/mol. The molecular formula is C19H17N3O4S. The summed E-state index contributed by atoms with van der Waals surface area (Å²) in [6.07, 6.45) is 2.93. The Bertz CT molecular complexity index is 1090. The lowest BCUT2D eigenvalue weighted by Crippen LogP contribution is -2.15. The molecule has 0 aliphatic heterocycles. The maximum absolute atomic E-state index is 12.3. The molecule has 138 valence electrons. The number of methoxy groups -OCH3 is 1. The molecule has 0 atom stereocenters. The van der Waals surface area contributed by atoms with Crippen molar-refractivity contribution in [1.82, 2.24) is 4.57 Å². The molecule has 1 amide bonds. The molecule has 2 aromatic carbocycles. The molecule has 0 spiro atoms. The second kappa shape index (κ2) is 7.96. The van der Waals surface area contributed by atoms with E-state index in [-0.39, 0.29) is 5.69 Å². The Kier molecular flexibility index (Phi) is 5.46. The van der Waals surface area contributed by atoms with E-state index in [0.717, 1.165) is 16.0 Å². The van der Waals surface area contributed by atoms with E-state index in [0.29, 0.717) is 16.9 Å². The van der Waals surface area contributed by atoms with Gasteiger partial charge in [0.25, 0.3) is 11.6 Å². The maximum Gasteiger partial charge on any atom is 0.272 e. The van der Waals surface area contributed by atoms with Crippen molar-refractivity contribution in [2.24, 2.45) is 4.99 Å². The third kappa shape index (κ3) is 3.95. The number of amides is 1. The number of fused-ring (bicyclic) bond motifs is 1. The topological polar surface area (TPSA) is 86.7 Å². The number of aryl methyl sites for hydroxylation is 1. The summed E-state index contributed by atoms with van der Waals surface area (Å²) >= 11 is 1.42. The molecule has 0 N–H and O–H groups in total. The van der Waals surface area contributed by atoms with Crippen molar-refractivity contribution in [3.8, 4) is 5.75 Å². The first-order chi connectivity index (χ1) is 13.0. The van der Waals surface area contributed by atoms with Crippen LogP contribution in [-0.2, 0) is 11.3 Å². The highest BCUT2D eigenvalue weighted by molar-refractivity contribution is 7.16. The monoisotopic (exact) mass is 383 g/mol. The molecule has 0 aliphatic rings. The second-order valence-corrected chi connectivity index (χ2v) is 6.58. The third-order valence-corrected chi connectivity index (χ3v) is 4.97. The smallest absolute Gasteiger partial charge is 0.272 e. The Morgan fingerprint density at radius 1 is 1.30 bits per heavy atom. The molecule has 0 saturated heterocycles. The lowest BCUT2D eigenvalue weighted by Gasteiger charge is -2.05. The van der Waals surface area contributed by atoms with Gasteiger partial charge in [-0.15, -0.1) is 0 Å². The molecule has 0 radical (unpaired) electrons. The van der Waals surface area contributed by atoms with E-state index in [2.05, 4.69) is 4.99 Å². The fraction of sp³-hybridized carbons (Fsp3) is 0.158. The molecule has 3 rings (SSSR count). The number of para-hydroxylation sites is 1. The number of carbonyl (C=O) groups is 1. The zero-order valence-electron chi connectivity index (χ0n) is 14.8. The van der Waals surface area contributed by atoms with E-state index in [9.17, 15) is 14.9 Å². The number of hydrogen-bond donors (Lipinski definition) is 0. The van der Waals surface area contributed by atoms with Crippen molar-refractivity contribution < 1.29 is 14.5 Å². The molecule has 3 aromatic rings. The van der Waals surface area contributed by atoms with E-state index in [1.165, 1.54) is 29.5 Å². The number of carbonyl (C=O) groups excluding carboxylic acids is 1. The van der Waals surface area contributed by atoms with Crippen LogP contribution in [0.5, 0.6) is 5.75 Å². The zero-order valence-corrected chi connectivity index (χ0v) is 15.6. The molecular weight excluding hydrogens is 366 g/mol. The van der Waals surface area contributed by atoms with E-state index in [1.807, 2.05) is 29.7 Å². The minimum Gasteiger partial charge on any atom is -0.495 e. The Morgan fingerprint density at radius 2 is 2.04 bits per heavy atom. The molecule has 0 unspecified atom stereocenters. The van der Waals surface area contributed by atoms with Crippen LogP contribution in [0.3, 0.4) is 0 Å². The number of benzene rings is 2. The van der Waals surface area contributed by atoms with Gasteiger partial charge in [0.15, 0.2) is 4.80 Å². The number of nitrogens with zero attached hydrogens (tertiary/aromatic N) is 3. The van der Waals surface area contributed by atoms with Crippen molar-refractivity contribution in [3.05, 3.63) is 69.0 Å². The Labute approximate surface area is 159 Å². The van der Waals surface area contributed by atoms with E-state index in [1.54, 1.807) is 25.3 Å². The highest BCUT2D eigenvalue weighted by Gasteiger charge is 2.10. The van der Waals surface area contributed by atoms with Crippen molar-refractivity contribution in [2.45, 2.75) is 13.5 Å². The Balaban J connectivity index is 1.92. The molecule has 1 aromatic heterocycles. The number of hydrogen-bond acceptors (Lipinski definition) is 5. The molecule has 8 heteroatoms. The third-order valence-electron chi connectivity index (χ3n) is 3.93. The summed E-state index contributed by atoms with van der Waals surface area (Å²) < 4.78 is 8.35. The van der Waals surface area contributed by atoms with Crippen LogP contribution >= 0.6 is 11.3 Å². The molecule has 27 heavy (non-hydrogen) atoms. The van der Waals surface area contributed by atoms with Gasteiger partial charge in [0.05, 0.1) is 16.7 Å². The molecule has 0 saturated carbocycles. The number of nitro groups is 1. The van der Waals surface area contributed by atoms with Crippen LogP contribution in [0.4, 0.5) is 5.69 Å². The molecule has 0 aliphatic carbocycles. The molecule has 1 heterocycles. The minimum absolute atomic E-state index is 0.00590. The number of rotatable bonds is 5. The zero-order chi connectivity index (χ0) is 19.4. The highest BCUT2D eigenvalue weighted by Crippen LogP contribution is 2.27. The van der Waals surface area contributed by atoms with Crippen molar-refractivity contribution in [2.75, 3.05) is 7.11 Å². The first-order valence-electron chi connectivity index (χ1n) is 8.21. The van der Waals surface area contributed by atoms with Crippen molar-refractivity contribution in [3.63, 3.8) is 0 Å². The quantitative estimate of drug-likeness (QED) is 0.381. The van der Waals surface area contributed by atoms with Crippen LogP contribution in [0.2, 0.25) is 0 Å². The lowest BCUT2D eigenvalue weighted by atomic mass is 10.2. The van der Waals surface area contributed by atoms with Crippen LogP contribution in [0.1, 0.15) is 12.5 Å². The fourth-order valence-corrected chi connectivity index (χ4v) is 3.76. The number of ether oxygens (including phenoxy) is 1. The maximum atomic E-state index is 12.3. The van der Waals surface area contributed by atoms with Gasteiger partial charge in [0, 0.05) is 24.8 Å². The summed E-state index contributed by atoms with van der Waals surface area (Å²) in [4.78, 5) is 27.3. The van der Waals surface area contributed by atoms with Crippen LogP contribution in [-0.4, -0.2) is 22.5 Å². The molecule has 7 nitrogen and oxygen atoms in total. The van der Waals surface area contributed by atoms with Gasteiger partial charge >= 0.3 is 0 Å². The van der Waals surface area contributed by atoms with Gasteiger partial charge < -0.3 is 9.30 Å². The molecule has 0 bridgehead atoms. The average molecular weight is 383 g/mol. The lowest BCUT2D eigenvalue weighted by molar-refractivity contribution is -0.384. The number of nitro benzene ring substituents is 1. The summed E-state index contributed by atoms with van der Waals surface area (Å²) in [5.74, 6) is 0.335. The Morgan fingerprint density at radius 3 is 2.67 bits per heavy atom. The minimum atomic E-state index is -0.465. The predicted octanol–water partition coefficient (Wildman–Crippen LogP) is 3.78. The van der Waals surface area contributed by atoms with Crippen LogP contribution in [0.25, 0.3) is 16.3 Å². The van der Waals surface area contributed by atoms with Crippen molar-refractivity contribution >= 4 is 39.2 Å². The highest BCUT2D eigenvalue weighted by atomic mass is 32.1. The average Bonchev–Trinajstić information content (AvgIpc) is 3.03. The normalized spacial score (nSPS) is 12.0. The standard InChI is InChI=1S/C19H17N3O4S/c1-3-21-18-15(26-2)5-4-6-16(18)27-19(21)20-17(23)12-9-13-7-10-14(11-8-13)22(24)25/h4-12H,3H2,1-2H3/b12-9+,20-19?. The van der Waals surface area contributed by atoms with E-state index in [4.69, 9.17) is 4.74 Å². The number of thiazole rings is 1. The van der Waals surface area contributed by atoms with Crippen LogP contribution in [0.15, 0.2) is 53.5 Å². The van der Waals surface area contributed by atoms with E-state index >= 15 is 0 Å². The summed E-state index contributed by atoms with van der Waals surface area (Å²) in [6.45, 7) is 2.63. The second-order valence-electron chi connectivity index (χ2n) is 5.57. The van der Waals surface area contributed by atoms with Gasteiger partial charge in [-0.3, -0.25) is 14.9 Å². The number of non-ortho nitro benzene ring substituents is 1. The summed E-state index contributed by atoms with van der Waals surface area (Å²) in [5.41, 5.74) is 1.61. The van der Waals surface area contributed by atoms with Gasteiger partial charge in [0.2, 0.25) is 0 Å². The van der Waals surface area contributed by atoms with Crippen LogP contribution in [0, 0.1) is 10.1 Å². The van der Waals surface area contributed by atoms with Gasteiger partial charge in [-0.2, -0.15) is 4.99 Å². The molecule has 0 fully saturated rings. The summed E-state index contributed by atoms with van der Waals surface area (Å²) in [5, 5.41) is 10.7. The van der Waals surface area contributed by atoms with Gasteiger partial charge in [-0.05, 0) is 42.8 Å². The SMILES string of the molecule is CCn1c(=NC(=O)/C=C/c2ccc([N+](=O)[O-])cc2)sc2cccc(OC)c21. The first-order valence-corrected chi connectivity index (χ1v) is 9.02. The van der Waals surface area contributed by atoms with Crippen molar-refractivity contribution in [1.29, 1.82) is 0 Å². The largest absolute Gasteiger partial charge is 0.495 e.